The van der Waals surface area contributed by atoms with Gasteiger partial charge in [-0.25, -0.2) is 4.98 Å². The highest BCUT2D eigenvalue weighted by Gasteiger charge is 2.11. The van der Waals surface area contributed by atoms with Crippen molar-refractivity contribution >= 4 is 0 Å². The van der Waals surface area contributed by atoms with E-state index in [0.29, 0.717) is 0 Å². The molecular formula is C15H20N2O2. The molecule has 0 spiro atoms. The standard InChI is InChI=1S/C15H20N2O2/c1-5-17-9-8-16-15(17)12-6-7-13(18-4)14(10-12)19-11(2)3/h6-11H,5H2,1-4H3. The Hall–Kier alpha value is -1.97. The van der Waals surface area contributed by atoms with Gasteiger partial charge in [-0.3, -0.25) is 0 Å². The average molecular weight is 260 g/mol. The van der Waals surface area contributed by atoms with E-state index in [-0.39, 0.29) is 6.10 Å². The van der Waals surface area contributed by atoms with Gasteiger partial charge in [-0.05, 0) is 39.0 Å². The molecule has 2 aromatic rings. The number of benzene rings is 1. The predicted octanol–water partition coefficient (Wildman–Crippen LogP) is 3.37. The fourth-order valence-electron chi connectivity index (χ4n) is 1.99. The number of rotatable bonds is 5. The molecule has 0 aliphatic heterocycles. The van der Waals surface area contributed by atoms with E-state index < -0.39 is 0 Å². The van der Waals surface area contributed by atoms with E-state index in [0.717, 1.165) is 29.4 Å². The molecule has 19 heavy (non-hydrogen) atoms. The fourth-order valence-corrected chi connectivity index (χ4v) is 1.99. The molecule has 0 aliphatic rings. The number of imidazole rings is 1. The van der Waals surface area contributed by atoms with Gasteiger partial charge in [0.15, 0.2) is 11.5 Å². The van der Waals surface area contributed by atoms with E-state index in [2.05, 4.69) is 16.5 Å². The summed E-state index contributed by atoms with van der Waals surface area (Å²) in [5.74, 6) is 2.44. The molecule has 0 bridgehead atoms. The van der Waals surface area contributed by atoms with Crippen LogP contribution in [0, 0.1) is 0 Å². The molecule has 1 aromatic carbocycles. The maximum atomic E-state index is 5.79. The highest BCUT2D eigenvalue weighted by molar-refractivity contribution is 5.61. The Morgan fingerprint density at radius 3 is 2.68 bits per heavy atom. The SMILES string of the molecule is CCn1ccnc1-c1ccc(OC)c(OC(C)C)c1. The van der Waals surface area contributed by atoms with Crippen LogP contribution in [0.2, 0.25) is 0 Å². The van der Waals surface area contributed by atoms with Gasteiger partial charge < -0.3 is 14.0 Å². The maximum absolute atomic E-state index is 5.79. The summed E-state index contributed by atoms with van der Waals surface area (Å²) >= 11 is 0. The molecule has 0 unspecified atom stereocenters. The Morgan fingerprint density at radius 1 is 1.26 bits per heavy atom. The normalized spacial score (nSPS) is 10.8. The Kier molecular flexibility index (Phi) is 4.10. The van der Waals surface area contributed by atoms with Crippen LogP contribution in [-0.4, -0.2) is 22.8 Å². The average Bonchev–Trinajstić information content (AvgIpc) is 2.86. The van der Waals surface area contributed by atoms with Crippen molar-refractivity contribution in [3.05, 3.63) is 30.6 Å². The molecular weight excluding hydrogens is 240 g/mol. The molecule has 0 amide bonds. The van der Waals surface area contributed by atoms with Crippen LogP contribution in [0.3, 0.4) is 0 Å². The summed E-state index contributed by atoms with van der Waals surface area (Å²) in [6.45, 7) is 6.99. The summed E-state index contributed by atoms with van der Waals surface area (Å²) in [5.41, 5.74) is 1.03. The zero-order chi connectivity index (χ0) is 13.8. The first-order valence-electron chi connectivity index (χ1n) is 6.52. The Balaban J connectivity index is 2.42. The lowest BCUT2D eigenvalue weighted by Gasteiger charge is -2.15. The summed E-state index contributed by atoms with van der Waals surface area (Å²) in [6, 6.07) is 5.90. The Morgan fingerprint density at radius 2 is 2.05 bits per heavy atom. The van der Waals surface area contributed by atoms with Gasteiger partial charge in [0.1, 0.15) is 5.82 Å². The topological polar surface area (TPSA) is 36.3 Å². The Labute approximate surface area is 114 Å². The summed E-state index contributed by atoms with van der Waals surface area (Å²) in [6.07, 6.45) is 3.89. The van der Waals surface area contributed by atoms with E-state index >= 15 is 0 Å². The molecule has 0 radical (unpaired) electrons. The maximum Gasteiger partial charge on any atom is 0.162 e. The first-order chi connectivity index (χ1) is 9.15. The molecule has 2 rings (SSSR count). The van der Waals surface area contributed by atoms with Gasteiger partial charge in [0.2, 0.25) is 0 Å². The number of ether oxygens (including phenoxy) is 2. The third-order valence-corrected chi connectivity index (χ3v) is 2.84. The van der Waals surface area contributed by atoms with Crippen LogP contribution in [0.4, 0.5) is 0 Å². The minimum absolute atomic E-state index is 0.107. The van der Waals surface area contributed by atoms with Gasteiger partial charge in [0, 0.05) is 24.5 Å². The lowest BCUT2D eigenvalue weighted by atomic mass is 10.2. The van der Waals surface area contributed by atoms with E-state index in [1.54, 1.807) is 7.11 Å². The van der Waals surface area contributed by atoms with E-state index in [1.807, 2.05) is 44.4 Å². The molecule has 1 aromatic heterocycles. The second kappa shape index (κ2) is 5.78. The van der Waals surface area contributed by atoms with E-state index in [1.165, 1.54) is 0 Å². The first-order valence-corrected chi connectivity index (χ1v) is 6.52. The third-order valence-electron chi connectivity index (χ3n) is 2.84. The predicted molar refractivity (Wildman–Crippen MR) is 75.7 cm³/mol. The summed E-state index contributed by atoms with van der Waals surface area (Å²) in [5, 5.41) is 0. The minimum atomic E-state index is 0.107. The van der Waals surface area contributed by atoms with E-state index in [4.69, 9.17) is 9.47 Å². The third kappa shape index (κ3) is 2.89. The highest BCUT2D eigenvalue weighted by Crippen LogP contribution is 2.32. The number of methoxy groups -OCH3 is 1. The summed E-state index contributed by atoms with van der Waals surface area (Å²) in [7, 11) is 1.65. The highest BCUT2D eigenvalue weighted by atomic mass is 16.5. The monoisotopic (exact) mass is 260 g/mol. The molecule has 0 aliphatic carbocycles. The lowest BCUT2D eigenvalue weighted by Crippen LogP contribution is -2.07. The number of aromatic nitrogens is 2. The van der Waals surface area contributed by atoms with Crippen molar-refractivity contribution in [3.63, 3.8) is 0 Å². The van der Waals surface area contributed by atoms with Crippen molar-refractivity contribution < 1.29 is 9.47 Å². The second-order valence-corrected chi connectivity index (χ2v) is 4.57. The van der Waals surface area contributed by atoms with Crippen molar-refractivity contribution in [3.8, 4) is 22.9 Å². The number of nitrogens with zero attached hydrogens (tertiary/aromatic N) is 2. The van der Waals surface area contributed by atoms with Crippen LogP contribution in [0.1, 0.15) is 20.8 Å². The van der Waals surface area contributed by atoms with Crippen LogP contribution in [0.5, 0.6) is 11.5 Å². The molecule has 0 N–H and O–H groups in total. The smallest absolute Gasteiger partial charge is 0.162 e. The zero-order valence-corrected chi connectivity index (χ0v) is 11.9. The largest absolute Gasteiger partial charge is 0.493 e. The van der Waals surface area contributed by atoms with Crippen molar-refractivity contribution in [2.75, 3.05) is 7.11 Å². The van der Waals surface area contributed by atoms with Gasteiger partial charge in [-0.15, -0.1) is 0 Å². The van der Waals surface area contributed by atoms with Gasteiger partial charge in [0.25, 0.3) is 0 Å². The first kappa shape index (κ1) is 13.5. The quantitative estimate of drug-likeness (QED) is 0.827. The summed E-state index contributed by atoms with van der Waals surface area (Å²) in [4.78, 5) is 4.40. The van der Waals surface area contributed by atoms with Crippen LogP contribution in [-0.2, 0) is 6.54 Å². The van der Waals surface area contributed by atoms with E-state index in [9.17, 15) is 0 Å². The molecule has 0 saturated carbocycles. The van der Waals surface area contributed by atoms with Gasteiger partial charge in [0.05, 0.1) is 13.2 Å². The van der Waals surface area contributed by atoms with Crippen LogP contribution in [0.25, 0.3) is 11.4 Å². The molecule has 0 atom stereocenters. The molecule has 4 nitrogen and oxygen atoms in total. The fraction of sp³-hybridized carbons (Fsp3) is 0.400. The van der Waals surface area contributed by atoms with Gasteiger partial charge >= 0.3 is 0 Å². The number of aryl methyl sites for hydroxylation is 1. The summed E-state index contributed by atoms with van der Waals surface area (Å²) < 4.78 is 13.2. The van der Waals surface area contributed by atoms with Crippen LogP contribution < -0.4 is 9.47 Å². The zero-order valence-electron chi connectivity index (χ0n) is 11.9. The Bertz CT molecular complexity index is 547. The molecule has 102 valence electrons. The number of hydrogen-bond acceptors (Lipinski definition) is 3. The second-order valence-electron chi connectivity index (χ2n) is 4.57. The lowest BCUT2D eigenvalue weighted by molar-refractivity contribution is 0.230. The van der Waals surface area contributed by atoms with Crippen LogP contribution in [0.15, 0.2) is 30.6 Å². The molecule has 0 fully saturated rings. The van der Waals surface area contributed by atoms with Crippen LogP contribution >= 0.6 is 0 Å². The number of hydrogen-bond donors (Lipinski definition) is 0. The minimum Gasteiger partial charge on any atom is -0.493 e. The van der Waals surface area contributed by atoms with Crippen molar-refractivity contribution in [2.24, 2.45) is 0 Å². The van der Waals surface area contributed by atoms with Crippen molar-refractivity contribution in [1.29, 1.82) is 0 Å². The molecule has 4 heteroatoms. The molecule has 1 heterocycles. The van der Waals surface area contributed by atoms with Crippen molar-refractivity contribution in [1.82, 2.24) is 9.55 Å². The molecule has 0 saturated heterocycles. The van der Waals surface area contributed by atoms with Crippen molar-refractivity contribution in [2.45, 2.75) is 33.4 Å². The van der Waals surface area contributed by atoms with Gasteiger partial charge in [-0.2, -0.15) is 0 Å². The van der Waals surface area contributed by atoms with Gasteiger partial charge in [-0.1, -0.05) is 0 Å².